The first kappa shape index (κ1) is 11.9. The fourth-order valence-corrected chi connectivity index (χ4v) is 1.94. The lowest BCUT2D eigenvalue weighted by Gasteiger charge is -2.02. The normalized spacial score (nSPS) is 10.0. The summed E-state index contributed by atoms with van der Waals surface area (Å²) in [6, 6.07) is 11.0. The zero-order valence-electron chi connectivity index (χ0n) is 9.93. The van der Waals surface area contributed by atoms with E-state index < -0.39 is 5.97 Å². The van der Waals surface area contributed by atoms with Gasteiger partial charge < -0.3 is 10.5 Å². The smallest absolute Gasteiger partial charge is 0.340 e. The minimum Gasteiger partial charge on any atom is -0.462 e. The second-order valence-electron chi connectivity index (χ2n) is 3.73. The van der Waals surface area contributed by atoms with Gasteiger partial charge in [-0.3, -0.25) is 0 Å². The molecule has 2 aliphatic carbocycles. The highest BCUT2D eigenvalue weighted by Gasteiger charge is 2.25. The SMILES string of the molecule is CCOC(=O)c1c2cccccc-2c(C#N)c1N. The van der Waals surface area contributed by atoms with Crippen molar-refractivity contribution in [2.75, 3.05) is 12.3 Å². The van der Waals surface area contributed by atoms with Crippen molar-refractivity contribution in [1.29, 1.82) is 5.26 Å². The first-order chi connectivity index (χ1) is 8.70. The minimum absolute atomic E-state index is 0.192. The van der Waals surface area contributed by atoms with Gasteiger partial charge in [0.15, 0.2) is 0 Å². The van der Waals surface area contributed by atoms with E-state index in [1.165, 1.54) is 0 Å². The molecule has 4 heteroatoms. The second kappa shape index (κ2) is 4.76. The van der Waals surface area contributed by atoms with Gasteiger partial charge in [-0.1, -0.05) is 30.3 Å². The van der Waals surface area contributed by atoms with E-state index in [1.807, 2.05) is 12.1 Å². The number of carbonyl (C=O) groups is 1. The first-order valence-electron chi connectivity index (χ1n) is 5.58. The van der Waals surface area contributed by atoms with Crippen LogP contribution in [0.2, 0.25) is 0 Å². The van der Waals surface area contributed by atoms with E-state index in [0.29, 0.717) is 16.7 Å². The number of nitrogens with zero attached hydrogens (tertiary/aromatic N) is 1. The van der Waals surface area contributed by atoms with E-state index in [2.05, 4.69) is 0 Å². The van der Waals surface area contributed by atoms with Crippen LogP contribution >= 0.6 is 0 Å². The predicted octanol–water partition coefficient (Wildman–Crippen LogP) is 2.42. The molecule has 0 radical (unpaired) electrons. The maximum Gasteiger partial charge on any atom is 0.340 e. The number of esters is 1. The van der Waals surface area contributed by atoms with Crippen molar-refractivity contribution in [3.63, 3.8) is 0 Å². The fourth-order valence-electron chi connectivity index (χ4n) is 1.94. The molecule has 0 bridgehead atoms. The number of hydrogen-bond acceptors (Lipinski definition) is 4. The van der Waals surface area contributed by atoms with Crippen molar-refractivity contribution in [3.05, 3.63) is 41.5 Å². The van der Waals surface area contributed by atoms with E-state index in [9.17, 15) is 4.79 Å². The molecular weight excluding hydrogens is 228 g/mol. The number of nitrogens with two attached hydrogens (primary N) is 1. The van der Waals surface area contributed by atoms with Gasteiger partial charge in [-0.2, -0.15) is 5.26 Å². The van der Waals surface area contributed by atoms with Gasteiger partial charge in [-0.25, -0.2) is 4.79 Å². The minimum atomic E-state index is -0.493. The molecule has 0 unspecified atom stereocenters. The van der Waals surface area contributed by atoms with Gasteiger partial charge in [0.05, 0.1) is 23.4 Å². The van der Waals surface area contributed by atoms with Crippen molar-refractivity contribution in [2.45, 2.75) is 6.92 Å². The molecule has 0 aromatic carbocycles. The highest BCUT2D eigenvalue weighted by atomic mass is 16.5. The Balaban J connectivity index is 2.73. The average molecular weight is 240 g/mol. The number of fused-ring (bicyclic) bond motifs is 1. The summed E-state index contributed by atoms with van der Waals surface area (Å²) in [5, 5.41) is 9.14. The van der Waals surface area contributed by atoms with Crippen molar-refractivity contribution in [3.8, 4) is 17.2 Å². The molecule has 0 spiro atoms. The fraction of sp³-hybridized carbons (Fsp3) is 0.143. The number of anilines is 1. The highest BCUT2D eigenvalue weighted by molar-refractivity contribution is 6.07. The molecule has 90 valence electrons. The van der Waals surface area contributed by atoms with E-state index in [0.717, 1.165) is 0 Å². The van der Waals surface area contributed by atoms with Crippen LogP contribution in [0.5, 0.6) is 0 Å². The lowest BCUT2D eigenvalue weighted by atomic mass is 10.1. The molecule has 0 saturated heterocycles. The van der Waals surface area contributed by atoms with Gasteiger partial charge in [0.25, 0.3) is 0 Å². The van der Waals surface area contributed by atoms with Crippen LogP contribution in [0.3, 0.4) is 0 Å². The first-order valence-corrected chi connectivity index (χ1v) is 5.58. The zero-order valence-corrected chi connectivity index (χ0v) is 9.93. The summed E-state index contributed by atoms with van der Waals surface area (Å²) in [5.74, 6) is -0.493. The molecule has 0 aliphatic heterocycles. The Kier molecular flexibility index (Phi) is 3.16. The number of nitriles is 1. The van der Waals surface area contributed by atoms with Crippen LogP contribution in [0.4, 0.5) is 5.69 Å². The van der Waals surface area contributed by atoms with Crippen molar-refractivity contribution in [2.24, 2.45) is 0 Å². The third-order valence-electron chi connectivity index (χ3n) is 2.71. The molecular formula is C14H12N2O2. The Hall–Kier alpha value is -2.54. The largest absolute Gasteiger partial charge is 0.462 e. The molecule has 0 fully saturated rings. The topological polar surface area (TPSA) is 76.1 Å². The molecule has 2 N–H and O–H groups in total. The standard InChI is InChI=1S/C14H12N2O2/c1-2-18-14(17)12-10-7-5-3-4-6-9(10)11(8-15)13(12)16/h3-7H,2,16H2,1H3. The summed E-state index contributed by atoms with van der Waals surface area (Å²) >= 11 is 0. The highest BCUT2D eigenvalue weighted by Crippen LogP contribution is 2.38. The van der Waals surface area contributed by atoms with Gasteiger partial charge in [0, 0.05) is 5.56 Å². The number of ether oxygens (including phenoxy) is 1. The maximum absolute atomic E-state index is 11.9. The molecule has 0 aromatic rings. The van der Waals surface area contributed by atoms with Crippen LogP contribution in [0.1, 0.15) is 22.8 Å². The predicted molar refractivity (Wildman–Crippen MR) is 68.1 cm³/mol. The van der Waals surface area contributed by atoms with Gasteiger partial charge in [0.2, 0.25) is 0 Å². The lowest BCUT2D eigenvalue weighted by molar-refractivity contribution is 0.0529. The molecule has 0 saturated carbocycles. The van der Waals surface area contributed by atoms with E-state index in [1.54, 1.807) is 31.2 Å². The van der Waals surface area contributed by atoms with Gasteiger partial charge in [0.1, 0.15) is 6.07 Å². The average Bonchev–Trinajstić information content (AvgIpc) is 2.51. The van der Waals surface area contributed by atoms with Crippen LogP contribution in [-0.2, 0) is 4.74 Å². The summed E-state index contributed by atoms with van der Waals surface area (Å²) in [5.41, 5.74) is 7.98. The Labute approximate surface area is 105 Å². The number of rotatable bonds is 2. The van der Waals surface area contributed by atoms with Gasteiger partial charge in [-0.05, 0) is 12.5 Å². The number of carbonyl (C=O) groups excluding carboxylic acids is 1. The Morgan fingerprint density at radius 2 is 2.00 bits per heavy atom. The maximum atomic E-state index is 11.9. The van der Waals surface area contributed by atoms with Crippen LogP contribution in [-0.4, -0.2) is 12.6 Å². The second-order valence-corrected chi connectivity index (χ2v) is 3.73. The van der Waals surface area contributed by atoms with Crippen molar-refractivity contribution < 1.29 is 9.53 Å². The van der Waals surface area contributed by atoms with E-state index in [4.69, 9.17) is 15.7 Å². The Morgan fingerprint density at radius 3 is 2.61 bits per heavy atom. The van der Waals surface area contributed by atoms with Crippen LogP contribution in [0, 0.1) is 11.3 Å². The molecule has 18 heavy (non-hydrogen) atoms. The molecule has 0 atom stereocenters. The van der Waals surface area contributed by atoms with E-state index >= 15 is 0 Å². The monoisotopic (exact) mass is 240 g/mol. The lowest BCUT2D eigenvalue weighted by Crippen LogP contribution is -2.07. The van der Waals surface area contributed by atoms with Gasteiger partial charge in [-0.15, -0.1) is 0 Å². The summed E-state index contributed by atoms with van der Waals surface area (Å²) < 4.78 is 4.98. The Bertz CT molecular complexity index is 614. The summed E-state index contributed by atoms with van der Waals surface area (Å²) in [6.45, 7) is 2.00. The van der Waals surface area contributed by atoms with Crippen LogP contribution < -0.4 is 5.73 Å². The number of hydrogen-bond donors (Lipinski definition) is 1. The molecule has 0 aromatic heterocycles. The summed E-state index contributed by atoms with van der Waals surface area (Å²) in [7, 11) is 0. The van der Waals surface area contributed by atoms with Gasteiger partial charge >= 0.3 is 5.97 Å². The summed E-state index contributed by atoms with van der Waals surface area (Å²) in [6.07, 6.45) is 0. The summed E-state index contributed by atoms with van der Waals surface area (Å²) in [4.78, 5) is 11.9. The quantitative estimate of drug-likeness (QED) is 0.818. The number of nitrogen functional groups attached to an aromatic ring is 1. The molecule has 2 rings (SSSR count). The van der Waals surface area contributed by atoms with E-state index in [-0.39, 0.29) is 17.9 Å². The third kappa shape index (κ3) is 1.76. The third-order valence-corrected chi connectivity index (χ3v) is 2.71. The zero-order chi connectivity index (χ0) is 13.1. The molecule has 0 heterocycles. The van der Waals surface area contributed by atoms with Crippen LogP contribution in [0.15, 0.2) is 30.3 Å². The molecule has 2 aliphatic rings. The Morgan fingerprint density at radius 1 is 1.33 bits per heavy atom. The van der Waals surface area contributed by atoms with Crippen molar-refractivity contribution in [1.82, 2.24) is 0 Å². The molecule has 4 nitrogen and oxygen atoms in total. The van der Waals surface area contributed by atoms with Crippen LogP contribution in [0.25, 0.3) is 11.1 Å². The van der Waals surface area contributed by atoms with Crippen molar-refractivity contribution >= 4 is 11.7 Å². The molecule has 0 amide bonds.